The topological polar surface area (TPSA) is 76.4 Å². The summed E-state index contributed by atoms with van der Waals surface area (Å²) in [5, 5.41) is 17.1. The number of carbonyl (C=O) groups excluding carboxylic acids is 1. The number of nitrogens with zero attached hydrogens (tertiary/aromatic N) is 2. The van der Waals surface area contributed by atoms with Crippen LogP contribution in [0.1, 0.15) is 67.4 Å². The zero-order chi connectivity index (χ0) is 16.6. The molecule has 128 valence electrons. The number of ether oxygens (including phenoxy) is 1. The molecule has 2 heterocycles. The number of aromatic nitrogens is 2. The first kappa shape index (κ1) is 16.5. The minimum Gasteiger partial charge on any atom is -0.393 e. The van der Waals surface area contributed by atoms with Gasteiger partial charge in [-0.15, -0.1) is 0 Å². The zero-order valence-corrected chi connectivity index (χ0v) is 14.2. The molecule has 23 heavy (non-hydrogen) atoms. The third-order valence-corrected chi connectivity index (χ3v) is 5.07. The second-order valence-corrected chi connectivity index (χ2v) is 7.01. The summed E-state index contributed by atoms with van der Waals surface area (Å²) in [5.41, 5.74) is 2.57. The van der Waals surface area contributed by atoms with Gasteiger partial charge in [-0.3, -0.25) is 9.48 Å². The molecule has 6 nitrogen and oxygen atoms in total. The Morgan fingerprint density at radius 3 is 2.74 bits per heavy atom. The molecule has 6 heteroatoms. The van der Waals surface area contributed by atoms with Crippen LogP contribution < -0.4 is 5.32 Å². The molecule has 1 aromatic heterocycles. The van der Waals surface area contributed by atoms with Crippen molar-refractivity contribution in [1.82, 2.24) is 15.1 Å². The van der Waals surface area contributed by atoms with Crippen molar-refractivity contribution in [3.05, 3.63) is 17.0 Å². The summed E-state index contributed by atoms with van der Waals surface area (Å²) < 4.78 is 7.48. The lowest BCUT2D eigenvalue weighted by atomic mass is 9.87. The van der Waals surface area contributed by atoms with Gasteiger partial charge in [-0.25, -0.2) is 0 Å². The summed E-state index contributed by atoms with van der Waals surface area (Å²) in [6, 6.07) is 0. The fourth-order valence-corrected chi connectivity index (χ4v) is 3.82. The van der Waals surface area contributed by atoms with Gasteiger partial charge in [0.1, 0.15) is 5.69 Å². The van der Waals surface area contributed by atoms with E-state index in [1.165, 1.54) is 0 Å². The van der Waals surface area contributed by atoms with Crippen molar-refractivity contribution in [1.29, 1.82) is 0 Å². The van der Waals surface area contributed by atoms with Crippen molar-refractivity contribution < 1.29 is 14.6 Å². The van der Waals surface area contributed by atoms with E-state index in [0.717, 1.165) is 43.4 Å². The van der Waals surface area contributed by atoms with Gasteiger partial charge < -0.3 is 15.2 Å². The monoisotopic (exact) mass is 321 g/mol. The lowest BCUT2D eigenvalue weighted by Crippen LogP contribution is -2.34. The Morgan fingerprint density at radius 2 is 2.04 bits per heavy atom. The first-order valence-corrected chi connectivity index (χ1v) is 8.63. The number of rotatable bonds is 3. The Hall–Kier alpha value is -1.40. The normalized spacial score (nSPS) is 30.8. The van der Waals surface area contributed by atoms with Crippen LogP contribution in [-0.2, 0) is 18.2 Å². The SMILES string of the molecule is C[C@@H]1Cc2c(nn(C)c2C(=O)NCC2CCC(O)CC2)[C@H](C)O1. The molecule has 1 aliphatic heterocycles. The summed E-state index contributed by atoms with van der Waals surface area (Å²) in [7, 11) is 1.82. The van der Waals surface area contributed by atoms with Crippen LogP contribution in [0, 0.1) is 5.92 Å². The van der Waals surface area contributed by atoms with Gasteiger partial charge in [0.15, 0.2) is 0 Å². The first-order chi connectivity index (χ1) is 11.0. The number of aliphatic hydroxyl groups excluding tert-OH is 1. The van der Waals surface area contributed by atoms with Gasteiger partial charge in [0, 0.05) is 25.6 Å². The largest absolute Gasteiger partial charge is 0.393 e. The van der Waals surface area contributed by atoms with E-state index >= 15 is 0 Å². The molecule has 2 aliphatic rings. The van der Waals surface area contributed by atoms with Crippen molar-refractivity contribution >= 4 is 5.91 Å². The van der Waals surface area contributed by atoms with Crippen LogP contribution in [0.15, 0.2) is 0 Å². The number of amides is 1. The Morgan fingerprint density at radius 1 is 1.35 bits per heavy atom. The number of carbonyl (C=O) groups is 1. The van der Waals surface area contributed by atoms with Gasteiger partial charge >= 0.3 is 0 Å². The summed E-state index contributed by atoms with van der Waals surface area (Å²) in [6.07, 6.45) is 4.25. The lowest BCUT2D eigenvalue weighted by molar-refractivity contribution is -0.00710. The standard InChI is InChI=1S/C17H27N3O3/c1-10-8-14-15(11(2)23-10)19-20(3)16(14)17(22)18-9-12-4-6-13(21)7-5-12/h10-13,21H,4-9H2,1-3H3,(H,18,22)/t10-,11+,12?,13?/m1/s1. The smallest absolute Gasteiger partial charge is 0.269 e. The van der Waals surface area contributed by atoms with E-state index in [0.29, 0.717) is 18.2 Å². The highest BCUT2D eigenvalue weighted by molar-refractivity contribution is 5.94. The van der Waals surface area contributed by atoms with E-state index < -0.39 is 0 Å². The van der Waals surface area contributed by atoms with Crippen molar-refractivity contribution in [3.63, 3.8) is 0 Å². The minimum atomic E-state index is -0.158. The number of hydrogen-bond acceptors (Lipinski definition) is 4. The van der Waals surface area contributed by atoms with E-state index in [9.17, 15) is 9.90 Å². The molecule has 0 aromatic carbocycles. The molecule has 3 rings (SSSR count). The molecular weight excluding hydrogens is 294 g/mol. The van der Waals surface area contributed by atoms with Crippen LogP contribution in [0.25, 0.3) is 0 Å². The summed E-state index contributed by atoms with van der Waals surface area (Å²) >= 11 is 0. The predicted molar refractivity (Wildman–Crippen MR) is 86.2 cm³/mol. The van der Waals surface area contributed by atoms with Gasteiger partial charge in [0.2, 0.25) is 0 Å². The van der Waals surface area contributed by atoms with Gasteiger partial charge in [-0.05, 0) is 45.4 Å². The van der Waals surface area contributed by atoms with Gasteiger partial charge in [-0.1, -0.05) is 0 Å². The van der Waals surface area contributed by atoms with E-state index in [4.69, 9.17) is 4.74 Å². The second kappa shape index (κ2) is 6.61. The molecule has 1 fully saturated rings. The Balaban J connectivity index is 1.68. The molecule has 2 atom stereocenters. The highest BCUT2D eigenvalue weighted by atomic mass is 16.5. The number of fused-ring (bicyclic) bond motifs is 1. The maximum atomic E-state index is 12.7. The third kappa shape index (κ3) is 3.43. The highest BCUT2D eigenvalue weighted by Crippen LogP contribution is 2.31. The second-order valence-electron chi connectivity index (χ2n) is 7.01. The molecule has 1 aliphatic carbocycles. The van der Waals surface area contributed by atoms with E-state index in [1.54, 1.807) is 4.68 Å². The van der Waals surface area contributed by atoms with E-state index in [-0.39, 0.29) is 24.2 Å². The van der Waals surface area contributed by atoms with Crippen LogP contribution in [-0.4, -0.2) is 39.5 Å². The Kier molecular flexibility index (Phi) is 4.73. The summed E-state index contributed by atoms with van der Waals surface area (Å²) in [5.74, 6) is 0.418. The van der Waals surface area contributed by atoms with Crippen LogP contribution >= 0.6 is 0 Å². The zero-order valence-electron chi connectivity index (χ0n) is 14.2. The third-order valence-electron chi connectivity index (χ3n) is 5.07. The number of nitrogens with one attached hydrogen (secondary N) is 1. The minimum absolute atomic E-state index is 0.0475. The van der Waals surface area contributed by atoms with Crippen LogP contribution in [0.4, 0.5) is 0 Å². The average molecular weight is 321 g/mol. The maximum absolute atomic E-state index is 12.7. The van der Waals surface area contributed by atoms with Crippen LogP contribution in [0.3, 0.4) is 0 Å². The number of aliphatic hydroxyl groups is 1. The summed E-state index contributed by atoms with van der Waals surface area (Å²) in [4.78, 5) is 12.7. The maximum Gasteiger partial charge on any atom is 0.269 e. The molecular formula is C17H27N3O3. The first-order valence-electron chi connectivity index (χ1n) is 8.63. The molecule has 1 aromatic rings. The Labute approximate surface area is 137 Å². The quantitative estimate of drug-likeness (QED) is 0.889. The van der Waals surface area contributed by atoms with E-state index in [2.05, 4.69) is 10.4 Å². The van der Waals surface area contributed by atoms with Gasteiger partial charge in [0.05, 0.1) is 24.0 Å². The molecule has 0 radical (unpaired) electrons. The fraction of sp³-hybridized carbons (Fsp3) is 0.765. The van der Waals surface area contributed by atoms with Crippen molar-refractivity contribution in [2.45, 2.75) is 64.3 Å². The molecule has 2 N–H and O–H groups in total. The average Bonchev–Trinajstić information content (AvgIpc) is 2.83. The molecule has 0 spiro atoms. The van der Waals surface area contributed by atoms with Gasteiger partial charge in [0.25, 0.3) is 5.91 Å². The van der Waals surface area contributed by atoms with Crippen molar-refractivity contribution in [2.24, 2.45) is 13.0 Å². The summed E-state index contributed by atoms with van der Waals surface area (Å²) in [6.45, 7) is 4.69. The van der Waals surface area contributed by atoms with E-state index in [1.807, 2.05) is 20.9 Å². The fourth-order valence-electron chi connectivity index (χ4n) is 3.82. The van der Waals surface area contributed by atoms with Crippen LogP contribution in [0.2, 0.25) is 0 Å². The highest BCUT2D eigenvalue weighted by Gasteiger charge is 2.31. The lowest BCUT2D eigenvalue weighted by Gasteiger charge is -2.26. The number of hydrogen-bond donors (Lipinski definition) is 2. The van der Waals surface area contributed by atoms with Crippen molar-refractivity contribution in [3.8, 4) is 0 Å². The molecule has 1 amide bonds. The predicted octanol–water partition coefficient (Wildman–Crippen LogP) is 1.72. The molecule has 0 saturated heterocycles. The van der Waals surface area contributed by atoms with Crippen molar-refractivity contribution in [2.75, 3.05) is 6.54 Å². The molecule has 0 bridgehead atoms. The number of aryl methyl sites for hydroxylation is 1. The van der Waals surface area contributed by atoms with Gasteiger partial charge in [-0.2, -0.15) is 5.10 Å². The molecule has 1 saturated carbocycles. The molecule has 0 unspecified atom stereocenters. The Bertz CT molecular complexity index is 576. The van der Waals surface area contributed by atoms with Crippen LogP contribution in [0.5, 0.6) is 0 Å².